The first kappa shape index (κ1) is 10.3. The normalized spacial score (nSPS) is 12.3. The van der Waals surface area contributed by atoms with Crippen molar-refractivity contribution in [3.8, 4) is 0 Å². The molecule has 0 aliphatic heterocycles. The van der Waals surface area contributed by atoms with Gasteiger partial charge in [0.2, 0.25) is 0 Å². The molecule has 2 rings (SSSR count). The van der Waals surface area contributed by atoms with Crippen LogP contribution in [0, 0.1) is 0 Å². The van der Waals surface area contributed by atoms with Gasteiger partial charge in [-0.2, -0.15) is 0 Å². The van der Waals surface area contributed by atoms with Crippen LogP contribution in [0.1, 0.15) is 26.5 Å². The number of imidazole rings is 1. The van der Waals surface area contributed by atoms with Crippen molar-refractivity contribution >= 4 is 22.9 Å². The van der Waals surface area contributed by atoms with Crippen LogP contribution >= 0.6 is 11.6 Å². The molecule has 0 aliphatic carbocycles. The first-order valence-corrected chi connectivity index (χ1v) is 5.20. The van der Waals surface area contributed by atoms with E-state index in [1.165, 1.54) is 0 Å². The van der Waals surface area contributed by atoms with E-state index in [-0.39, 0.29) is 5.41 Å². The highest BCUT2D eigenvalue weighted by Crippen LogP contribution is 2.27. The Bertz CT molecular complexity index is 508. The molecule has 0 saturated heterocycles. The minimum Gasteiger partial charge on any atom is -0.394 e. The van der Waals surface area contributed by atoms with E-state index < -0.39 is 0 Å². The van der Waals surface area contributed by atoms with Crippen molar-refractivity contribution in [1.29, 1.82) is 0 Å². The average molecular weight is 224 g/mol. The molecule has 0 aromatic carbocycles. The first-order chi connectivity index (χ1) is 6.89. The van der Waals surface area contributed by atoms with Gasteiger partial charge in [0.1, 0.15) is 0 Å². The Morgan fingerprint density at radius 2 is 2.07 bits per heavy atom. The number of nitrogens with two attached hydrogens (primary N) is 1. The second-order valence-electron chi connectivity index (χ2n) is 4.68. The molecular formula is C11H14ClN3. The number of nitrogens with zero attached hydrogens (tertiary/aromatic N) is 2. The molecular weight excluding hydrogens is 210 g/mol. The lowest BCUT2D eigenvalue weighted by Crippen LogP contribution is -2.11. The molecule has 0 spiro atoms. The number of halogens is 1. The van der Waals surface area contributed by atoms with E-state index in [1.54, 1.807) is 6.07 Å². The van der Waals surface area contributed by atoms with E-state index in [4.69, 9.17) is 17.3 Å². The fraction of sp³-hybridized carbons (Fsp3) is 0.364. The summed E-state index contributed by atoms with van der Waals surface area (Å²) >= 11 is 5.93. The molecule has 0 bridgehead atoms. The second-order valence-corrected chi connectivity index (χ2v) is 5.09. The molecule has 2 N–H and O–H groups in total. The maximum Gasteiger partial charge on any atom is 0.161 e. The van der Waals surface area contributed by atoms with E-state index >= 15 is 0 Å². The third kappa shape index (κ3) is 1.67. The highest BCUT2D eigenvalue weighted by Gasteiger charge is 2.18. The van der Waals surface area contributed by atoms with Crippen LogP contribution in [0.15, 0.2) is 18.5 Å². The minimum absolute atomic E-state index is 0.0188. The Balaban J connectivity index is 2.72. The number of aromatic nitrogens is 2. The highest BCUT2D eigenvalue weighted by atomic mass is 35.5. The van der Waals surface area contributed by atoms with Gasteiger partial charge >= 0.3 is 0 Å². The van der Waals surface area contributed by atoms with E-state index in [0.29, 0.717) is 10.7 Å². The summed E-state index contributed by atoms with van der Waals surface area (Å²) in [5, 5.41) is 0.550. The van der Waals surface area contributed by atoms with Crippen molar-refractivity contribution in [2.75, 3.05) is 5.73 Å². The number of fused-ring (bicyclic) bond motifs is 1. The van der Waals surface area contributed by atoms with Gasteiger partial charge in [-0.25, -0.2) is 4.98 Å². The molecule has 80 valence electrons. The third-order valence-electron chi connectivity index (χ3n) is 2.38. The molecule has 0 unspecified atom stereocenters. The Kier molecular flexibility index (Phi) is 2.15. The summed E-state index contributed by atoms with van der Waals surface area (Å²) in [6.45, 7) is 6.35. The fourth-order valence-corrected chi connectivity index (χ4v) is 1.55. The van der Waals surface area contributed by atoms with Gasteiger partial charge in [0, 0.05) is 17.8 Å². The van der Waals surface area contributed by atoms with Crippen molar-refractivity contribution in [1.82, 2.24) is 9.38 Å². The molecule has 15 heavy (non-hydrogen) atoms. The molecule has 3 nitrogen and oxygen atoms in total. The van der Waals surface area contributed by atoms with E-state index in [9.17, 15) is 0 Å². The van der Waals surface area contributed by atoms with E-state index in [1.807, 2.05) is 16.8 Å². The van der Waals surface area contributed by atoms with Crippen molar-refractivity contribution in [3.63, 3.8) is 0 Å². The van der Waals surface area contributed by atoms with Gasteiger partial charge in [-0.1, -0.05) is 32.4 Å². The predicted octanol–water partition coefficient (Wildman–Crippen LogP) is 2.87. The molecule has 2 aromatic rings. The number of rotatable bonds is 0. The molecule has 0 saturated carbocycles. The molecule has 0 atom stereocenters. The molecule has 0 aliphatic rings. The summed E-state index contributed by atoms with van der Waals surface area (Å²) in [6, 6.07) is 1.78. The van der Waals surface area contributed by atoms with Gasteiger partial charge in [0.05, 0.1) is 16.4 Å². The van der Waals surface area contributed by atoms with Crippen LogP contribution in [0.25, 0.3) is 5.65 Å². The zero-order valence-corrected chi connectivity index (χ0v) is 9.84. The maximum absolute atomic E-state index is 5.93. The van der Waals surface area contributed by atoms with Gasteiger partial charge < -0.3 is 10.1 Å². The fourth-order valence-electron chi connectivity index (χ4n) is 1.41. The maximum atomic E-state index is 5.93. The quantitative estimate of drug-likeness (QED) is 0.747. The molecule has 0 amide bonds. The Labute approximate surface area is 93.9 Å². The monoisotopic (exact) mass is 223 g/mol. The smallest absolute Gasteiger partial charge is 0.161 e. The largest absolute Gasteiger partial charge is 0.394 e. The molecule has 2 heterocycles. The Morgan fingerprint density at radius 3 is 2.67 bits per heavy atom. The Morgan fingerprint density at radius 1 is 1.40 bits per heavy atom. The summed E-state index contributed by atoms with van der Waals surface area (Å²) in [5.41, 5.74) is 8.15. The van der Waals surface area contributed by atoms with Crippen molar-refractivity contribution in [2.45, 2.75) is 26.2 Å². The Hall–Kier alpha value is -1.22. The molecule has 2 aromatic heterocycles. The van der Waals surface area contributed by atoms with Gasteiger partial charge in [-0.05, 0) is 6.07 Å². The summed E-state index contributed by atoms with van der Waals surface area (Å²) < 4.78 is 1.90. The second kappa shape index (κ2) is 3.14. The summed E-state index contributed by atoms with van der Waals surface area (Å²) in [5.74, 6) is 0. The van der Waals surface area contributed by atoms with Gasteiger partial charge in [-0.3, -0.25) is 0 Å². The van der Waals surface area contributed by atoms with Crippen molar-refractivity contribution < 1.29 is 0 Å². The third-order valence-corrected chi connectivity index (χ3v) is 2.71. The number of anilines is 1. The van der Waals surface area contributed by atoms with Gasteiger partial charge in [0.15, 0.2) is 5.65 Å². The SMILES string of the molecule is CC(C)(C)c1cn2ccc(Cl)c(N)c2n1. The van der Waals surface area contributed by atoms with Gasteiger partial charge in [-0.15, -0.1) is 0 Å². The zero-order valence-electron chi connectivity index (χ0n) is 9.08. The number of nitrogen functional groups attached to an aromatic ring is 1. The summed E-state index contributed by atoms with van der Waals surface area (Å²) in [6.07, 6.45) is 3.86. The van der Waals surface area contributed by atoms with Crippen LogP contribution in [0.3, 0.4) is 0 Å². The zero-order chi connectivity index (χ0) is 11.2. The lowest BCUT2D eigenvalue weighted by Gasteiger charge is -2.13. The highest BCUT2D eigenvalue weighted by molar-refractivity contribution is 6.33. The van der Waals surface area contributed by atoms with Crippen LogP contribution in [-0.4, -0.2) is 9.38 Å². The number of hydrogen-bond donors (Lipinski definition) is 1. The minimum atomic E-state index is 0.0188. The average Bonchev–Trinajstić information content (AvgIpc) is 2.55. The van der Waals surface area contributed by atoms with Crippen LogP contribution in [-0.2, 0) is 5.41 Å². The van der Waals surface area contributed by atoms with Crippen molar-refractivity contribution in [2.24, 2.45) is 0 Å². The molecule has 0 fully saturated rings. The van der Waals surface area contributed by atoms with Crippen LogP contribution in [0.5, 0.6) is 0 Å². The summed E-state index contributed by atoms with van der Waals surface area (Å²) in [4.78, 5) is 4.50. The van der Waals surface area contributed by atoms with Crippen LogP contribution in [0.2, 0.25) is 5.02 Å². The topological polar surface area (TPSA) is 43.3 Å². The van der Waals surface area contributed by atoms with E-state index in [0.717, 1.165) is 11.3 Å². The predicted molar refractivity (Wildman–Crippen MR) is 63.3 cm³/mol. The lowest BCUT2D eigenvalue weighted by atomic mass is 9.93. The lowest BCUT2D eigenvalue weighted by molar-refractivity contribution is 0.573. The number of pyridine rings is 1. The summed E-state index contributed by atoms with van der Waals surface area (Å²) in [7, 11) is 0. The van der Waals surface area contributed by atoms with Crippen molar-refractivity contribution in [3.05, 3.63) is 29.2 Å². The van der Waals surface area contributed by atoms with E-state index in [2.05, 4.69) is 25.8 Å². The molecule has 4 heteroatoms. The van der Waals surface area contributed by atoms with Crippen LogP contribution < -0.4 is 5.73 Å². The first-order valence-electron chi connectivity index (χ1n) is 4.83. The molecule has 0 radical (unpaired) electrons. The standard InChI is InChI=1S/C11H14ClN3/c1-11(2,3)8-6-15-5-4-7(12)9(13)10(15)14-8/h4-6H,13H2,1-3H3. The van der Waals surface area contributed by atoms with Gasteiger partial charge in [0.25, 0.3) is 0 Å². The van der Waals surface area contributed by atoms with Crippen LogP contribution in [0.4, 0.5) is 5.69 Å². The number of hydrogen-bond acceptors (Lipinski definition) is 2.